The minimum Gasteiger partial charge on any atom is -0.292 e. The third-order valence-electron chi connectivity index (χ3n) is 2.07. The first-order valence-corrected chi connectivity index (χ1v) is 7.85. The van der Waals surface area contributed by atoms with Crippen LogP contribution in [0.15, 0.2) is 45.1 Å². The number of rotatable bonds is 4. The Balaban J connectivity index is 2.02. The molecule has 5 heteroatoms. The molecule has 0 saturated carbocycles. The number of thiophene rings is 1. The summed E-state index contributed by atoms with van der Waals surface area (Å²) in [5.74, 6) is 0.480. The molecular formula is C12H8BrClOS2. The van der Waals surface area contributed by atoms with Gasteiger partial charge >= 0.3 is 0 Å². The van der Waals surface area contributed by atoms with Crippen molar-refractivity contribution in [2.45, 2.75) is 4.90 Å². The number of Topliss-reactive ketones (excluding diaryl/α,β-unsaturated/α-hetero) is 1. The highest BCUT2D eigenvalue weighted by molar-refractivity contribution is 9.10. The Morgan fingerprint density at radius 1 is 1.35 bits per heavy atom. The smallest absolute Gasteiger partial charge is 0.184 e. The van der Waals surface area contributed by atoms with Crippen molar-refractivity contribution < 1.29 is 4.79 Å². The zero-order valence-electron chi connectivity index (χ0n) is 8.65. The van der Waals surface area contributed by atoms with E-state index in [1.54, 1.807) is 6.07 Å². The SMILES string of the molecule is O=C(CSc1ccccc1Br)c1sccc1Cl. The number of benzene rings is 1. The van der Waals surface area contributed by atoms with Gasteiger partial charge in [-0.25, -0.2) is 0 Å². The van der Waals surface area contributed by atoms with E-state index in [4.69, 9.17) is 11.6 Å². The van der Waals surface area contributed by atoms with Crippen molar-refractivity contribution >= 4 is 56.4 Å². The summed E-state index contributed by atoms with van der Waals surface area (Å²) >= 11 is 12.3. The van der Waals surface area contributed by atoms with E-state index in [0.717, 1.165) is 9.37 Å². The number of carbonyl (C=O) groups excluding carboxylic acids is 1. The standard InChI is InChI=1S/C12H8BrClOS2/c13-8-3-1-2-4-11(8)17-7-10(15)12-9(14)5-6-16-12/h1-6H,7H2. The van der Waals surface area contributed by atoms with E-state index in [1.807, 2.05) is 29.6 Å². The molecule has 2 aromatic rings. The first-order valence-electron chi connectivity index (χ1n) is 4.82. The quantitative estimate of drug-likeness (QED) is 0.563. The fourth-order valence-corrected chi connectivity index (χ4v) is 3.90. The second-order valence-corrected chi connectivity index (χ2v) is 6.43. The molecule has 0 spiro atoms. The molecule has 0 N–H and O–H groups in total. The predicted octanol–water partition coefficient (Wildman–Crippen LogP) is 5.14. The summed E-state index contributed by atoms with van der Waals surface area (Å²) in [7, 11) is 0. The van der Waals surface area contributed by atoms with Crippen LogP contribution in [0.4, 0.5) is 0 Å². The van der Waals surface area contributed by atoms with Gasteiger partial charge in [-0.05, 0) is 39.5 Å². The summed E-state index contributed by atoms with van der Waals surface area (Å²) in [5, 5.41) is 2.38. The summed E-state index contributed by atoms with van der Waals surface area (Å²) in [5.41, 5.74) is 0. The zero-order chi connectivity index (χ0) is 12.3. The van der Waals surface area contributed by atoms with E-state index in [9.17, 15) is 4.79 Å². The maximum atomic E-state index is 11.9. The first kappa shape index (κ1) is 13.1. The second kappa shape index (κ2) is 6.05. The van der Waals surface area contributed by atoms with Gasteiger partial charge in [-0.15, -0.1) is 23.1 Å². The van der Waals surface area contributed by atoms with Crippen LogP contribution < -0.4 is 0 Å². The van der Waals surface area contributed by atoms with Gasteiger partial charge < -0.3 is 0 Å². The number of thioether (sulfide) groups is 1. The lowest BCUT2D eigenvalue weighted by Crippen LogP contribution is -2.00. The molecule has 1 nitrogen and oxygen atoms in total. The molecule has 0 unspecified atom stereocenters. The van der Waals surface area contributed by atoms with Crippen LogP contribution in [0, 0.1) is 0 Å². The Hall–Kier alpha value is -0.290. The number of hydrogen-bond acceptors (Lipinski definition) is 3. The minimum absolute atomic E-state index is 0.0748. The normalized spacial score (nSPS) is 10.5. The summed E-state index contributed by atoms with van der Waals surface area (Å²) in [6.45, 7) is 0. The van der Waals surface area contributed by atoms with Crippen molar-refractivity contribution in [3.8, 4) is 0 Å². The van der Waals surface area contributed by atoms with E-state index >= 15 is 0 Å². The van der Waals surface area contributed by atoms with Gasteiger partial charge in [0.1, 0.15) is 0 Å². The molecule has 0 saturated heterocycles. The minimum atomic E-state index is 0.0748. The average molecular weight is 348 g/mol. The Morgan fingerprint density at radius 3 is 2.76 bits per heavy atom. The predicted molar refractivity (Wildman–Crippen MR) is 78.5 cm³/mol. The van der Waals surface area contributed by atoms with Crippen LogP contribution in [0.3, 0.4) is 0 Å². The van der Waals surface area contributed by atoms with Crippen LogP contribution in [0.1, 0.15) is 9.67 Å². The number of carbonyl (C=O) groups is 1. The average Bonchev–Trinajstić information content (AvgIpc) is 2.74. The van der Waals surface area contributed by atoms with Crippen LogP contribution >= 0.6 is 50.6 Å². The van der Waals surface area contributed by atoms with Crippen molar-refractivity contribution in [2.24, 2.45) is 0 Å². The van der Waals surface area contributed by atoms with Crippen molar-refractivity contribution in [2.75, 3.05) is 5.75 Å². The molecule has 88 valence electrons. The molecule has 0 aliphatic rings. The topological polar surface area (TPSA) is 17.1 Å². The lowest BCUT2D eigenvalue weighted by molar-refractivity contribution is 0.102. The second-order valence-electron chi connectivity index (χ2n) is 3.24. The fourth-order valence-electron chi connectivity index (χ4n) is 1.26. The number of ketones is 1. The van der Waals surface area contributed by atoms with Crippen molar-refractivity contribution in [3.63, 3.8) is 0 Å². The Labute approximate surface area is 121 Å². The third kappa shape index (κ3) is 3.35. The summed E-state index contributed by atoms with van der Waals surface area (Å²) in [6.07, 6.45) is 0. The van der Waals surface area contributed by atoms with E-state index in [0.29, 0.717) is 15.7 Å². The van der Waals surface area contributed by atoms with Crippen molar-refractivity contribution in [3.05, 3.63) is 50.1 Å². The van der Waals surface area contributed by atoms with Crippen molar-refractivity contribution in [1.29, 1.82) is 0 Å². The van der Waals surface area contributed by atoms with Gasteiger partial charge in [0.05, 0.1) is 15.7 Å². The highest BCUT2D eigenvalue weighted by Crippen LogP contribution is 2.29. The summed E-state index contributed by atoms with van der Waals surface area (Å²) < 4.78 is 1.01. The van der Waals surface area contributed by atoms with Crippen LogP contribution in [0.25, 0.3) is 0 Å². The molecule has 0 atom stereocenters. The Kier molecular flexibility index (Phi) is 4.68. The van der Waals surface area contributed by atoms with Gasteiger partial charge in [0.2, 0.25) is 0 Å². The van der Waals surface area contributed by atoms with Gasteiger partial charge in [0, 0.05) is 9.37 Å². The van der Waals surface area contributed by atoms with Gasteiger partial charge in [0.25, 0.3) is 0 Å². The molecule has 0 aliphatic heterocycles. The molecule has 0 fully saturated rings. The highest BCUT2D eigenvalue weighted by atomic mass is 79.9. The molecule has 17 heavy (non-hydrogen) atoms. The molecule has 1 aromatic carbocycles. The fraction of sp³-hybridized carbons (Fsp3) is 0.0833. The molecule has 1 heterocycles. The Morgan fingerprint density at radius 2 is 2.12 bits per heavy atom. The lowest BCUT2D eigenvalue weighted by atomic mass is 10.3. The molecule has 1 aromatic heterocycles. The Bertz CT molecular complexity index is 539. The van der Waals surface area contributed by atoms with E-state index in [2.05, 4.69) is 15.9 Å². The third-order valence-corrected chi connectivity index (χ3v) is 5.48. The van der Waals surface area contributed by atoms with Crippen LogP contribution in [0.2, 0.25) is 5.02 Å². The van der Waals surface area contributed by atoms with Gasteiger partial charge in [-0.3, -0.25) is 4.79 Å². The highest BCUT2D eigenvalue weighted by Gasteiger charge is 2.12. The number of hydrogen-bond donors (Lipinski definition) is 0. The van der Waals surface area contributed by atoms with E-state index < -0.39 is 0 Å². The van der Waals surface area contributed by atoms with Gasteiger partial charge in [-0.2, -0.15) is 0 Å². The van der Waals surface area contributed by atoms with E-state index in [1.165, 1.54) is 23.1 Å². The van der Waals surface area contributed by atoms with Crippen LogP contribution in [-0.2, 0) is 0 Å². The summed E-state index contributed by atoms with van der Waals surface area (Å²) in [6, 6.07) is 9.60. The largest absolute Gasteiger partial charge is 0.292 e. The molecule has 0 aliphatic carbocycles. The maximum Gasteiger partial charge on any atom is 0.184 e. The molecular weight excluding hydrogens is 340 g/mol. The zero-order valence-corrected chi connectivity index (χ0v) is 12.6. The summed E-state index contributed by atoms with van der Waals surface area (Å²) in [4.78, 5) is 13.6. The number of halogens is 2. The molecule has 0 amide bonds. The van der Waals surface area contributed by atoms with Crippen LogP contribution in [-0.4, -0.2) is 11.5 Å². The monoisotopic (exact) mass is 346 g/mol. The van der Waals surface area contributed by atoms with E-state index in [-0.39, 0.29) is 5.78 Å². The van der Waals surface area contributed by atoms with Gasteiger partial charge in [-0.1, -0.05) is 23.7 Å². The molecule has 2 rings (SSSR count). The molecule has 0 bridgehead atoms. The van der Waals surface area contributed by atoms with Gasteiger partial charge in [0.15, 0.2) is 5.78 Å². The lowest BCUT2D eigenvalue weighted by Gasteiger charge is -2.02. The molecule has 0 radical (unpaired) electrons. The maximum absolute atomic E-state index is 11.9. The van der Waals surface area contributed by atoms with Crippen molar-refractivity contribution in [1.82, 2.24) is 0 Å². The first-order chi connectivity index (χ1) is 8.18. The van der Waals surface area contributed by atoms with Crippen LogP contribution in [0.5, 0.6) is 0 Å².